The number of rotatable bonds is 9. The van der Waals surface area contributed by atoms with E-state index in [1.165, 1.54) is 17.0 Å². The van der Waals surface area contributed by atoms with Crippen molar-refractivity contribution in [3.63, 3.8) is 0 Å². The Kier molecular flexibility index (Phi) is 12.8. The first-order valence-corrected chi connectivity index (χ1v) is 15.8. The maximum Gasteiger partial charge on any atom is 0.226 e. The fourth-order valence-electron chi connectivity index (χ4n) is 5.64. The number of fused-ring (bicyclic) bond motifs is 2. The maximum absolute atomic E-state index is 11.7. The number of hydrogen-bond donors (Lipinski definition) is 1. The van der Waals surface area contributed by atoms with Crippen LogP contribution in [0, 0.1) is 17.9 Å². The molecule has 3 heterocycles. The number of nitrogens with zero attached hydrogens (tertiary/aromatic N) is 2. The molecule has 1 radical (unpaired) electrons. The fraction of sp³-hybridized carbons (Fsp3) is 0.359. The van der Waals surface area contributed by atoms with Crippen molar-refractivity contribution >= 4 is 27.7 Å². The van der Waals surface area contributed by atoms with Crippen LogP contribution in [0.15, 0.2) is 89.5 Å². The van der Waals surface area contributed by atoms with Crippen LogP contribution in [0.1, 0.15) is 79.7 Å². The number of hydrogen-bond acceptors (Lipinski definition) is 5. The molecule has 0 aliphatic carbocycles. The van der Waals surface area contributed by atoms with E-state index in [0.29, 0.717) is 5.71 Å². The molecule has 0 fully saturated rings. The van der Waals surface area contributed by atoms with Gasteiger partial charge in [-0.25, -0.2) is 4.98 Å². The topological polar surface area (TPSA) is 76.2 Å². The number of aromatic nitrogens is 2. The normalized spacial score (nSPS) is 11.9. The van der Waals surface area contributed by atoms with E-state index in [-0.39, 0.29) is 48.9 Å². The van der Waals surface area contributed by atoms with Gasteiger partial charge in [0.05, 0.1) is 12.0 Å². The van der Waals surface area contributed by atoms with E-state index in [1.807, 2.05) is 52.1 Å². The third kappa shape index (κ3) is 8.56. The molecule has 0 amide bonds. The van der Waals surface area contributed by atoms with Crippen molar-refractivity contribution in [3.05, 3.63) is 96.7 Å². The SMILES string of the molecule is CC(C)(C)c1cc(-c2cc(-c3ccnc4occc34)ccn2)[c-]c2ccccc12.CCC(CC)C(=O)/C=C(\O)C(CC)CC.[Ir]. The minimum Gasteiger partial charge on any atom is -0.512 e. The van der Waals surface area contributed by atoms with Gasteiger partial charge in [-0.05, 0) is 60.4 Å². The van der Waals surface area contributed by atoms with Gasteiger partial charge in [0.1, 0.15) is 0 Å². The second kappa shape index (κ2) is 16.1. The zero-order valence-electron chi connectivity index (χ0n) is 27.5. The van der Waals surface area contributed by atoms with Gasteiger partial charge in [0.2, 0.25) is 5.71 Å². The average Bonchev–Trinajstić information content (AvgIpc) is 3.51. The Morgan fingerprint density at radius 2 is 1.56 bits per heavy atom. The van der Waals surface area contributed by atoms with Crippen LogP contribution < -0.4 is 0 Å². The third-order valence-corrected chi connectivity index (χ3v) is 8.38. The summed E-state index contributed by atoms with van der Waals surface area (Å²) in [7, 11) is 0. The summed E-state index contributed by atoms with van der Waals surface area (Å²) in [4.78, 5) is 20.7. The zero-order valence-corrected chi connectivity index (χ0v) is 29.9. The van der Waals surface area contributed by atoms with Gasteiger partial charge in [-0.15, -0.1) is 29.1 Å². The van der Waals surface area contributed by atoms with Gasteiger partial charge in [0.15, 0.2) is 5.78 Å². The Morgan fingerprint density at radius 1 is 0.889 bits per heavy atom. The molecular formula is C39H45IrN2O3-. The molecule has 0 saturated heterocycles. The number of benzene rings is 2. The largest absolute Gasteiger partial charge is 0.512 e. The van der Waals surface area contributed by atoms with E-state index in [2.05, 4.69) is 73.2 Å². The average molecular weight is 782 g/mol. The number of carbonyl (C=O) groups excluding carboxylic acids is 1. The van der Waals surface area contributed by atoms with Gasteiger partial charge in [-0.3, -0.25) is 9.78 Å². The Labute approximate surface area is 281 Å². The summed E-state index contributed by atoms with van der Waals surface area (Å²) >= 11 is 0. The number of furan rings is 1. The molecule has 5 nitrogen and oxygen atoms in total. The molecule has 239 valence electrons. The van der Waals surface area contributed by atoms with E-state index in [4.69, 9.17) is 4.42 Å². The van der Waals surface area contributed by atoms with Crippen molar-refractivity contribution in [3.8, 4) is 22.4 Å². The van der Waals surface area contributed by atoms with Crippen molar-refractivity contribution < 1.29 is 34.4 Å². The molecule has 0 bridgehead atoms. The van der Waals surface area contributed by atoms with Crippen molar-refractivity contribution in [1.82, 2.24) is 9.97 Å². The van der Waals surface area contributed by atoms with Gasteiger partial charge < -0.3 is 9.52 Å². The van der Waals surface area contributed by atoms with Crippen molar-refractivity contribution in [2.75, 3.05) is 0 Å². The summed E-state index contributed by atoms with van der Waals surface area (Å²) < 4.78 is 5.46. The van der Waals surface area contributed by atoms with Gasteiger partial charge >= 0.3 is 0 Å². The van der Waals surface area contributed by atoms with Crippen molar-refractivity contribution in [1.29, 1.82) is 0 Å². The number of allylic oxidation sites excluding steroid dienone is 2. The van der Waals surface area contributed by atoms with Gasteiger partial charge in [0, 0.05) is 61.5 Å². The van der Waals surface area contributed by atoms with Crippen LogP contribution in [0.25, 0.3) is 44.3 Å². The Bertz CT molecular complexity index is 1740. The first-order chi connectivity index (χ1) is 21.1. The predicted molar refractivity (Wildman–Crippen MR) is 182 cm³/mol. The molecule has 5 rings (SSSR count). The van der Waals surface area contributed by atoms with Gasteiger partial charge in [-0.1, -0.05) is 83.7 Å². The Morgan fingerprint density at radius 3 is 2.22 bits per heavy atom. The number of aliphatic hydroxyl groups is 1. The van der Waals surface area contributed by atoms with Crippen LogP contribution in [0.4, 0.5) is 0 Å². The number of pyridine rings is 2. The van der Waals surface area contributed by atoms with Gasteiger partial charge in [-0.2, -0.15) is 0 Å². The summed E-state index contributed by atoms with van der Waals surface area (Å²) in [5.41, 5.74) is 6.06. The summed E-state index contributed by atoms with van der Waals surface area (Å²) in [6.07, 6.45) is 10.2. The smallest absolute Gasteiger partial charge is 0.226 e. The molecule has 0 unspecified atom stereocenters. The van der Waals surface area contributed by atoms with E-state index in [9.17, 15) is 9.90 Å². The quantitative estimate of drug-likeness (QED) is 0.0916. The minimum absolute atomic E-state index is 0. The molecule has 0 atom stereocenters. The zero-order chi connectivity index (χ0) is 31.9. The monoisotopic (exact) mass is 782 g/mol. The van der Waals surface area contributed by atoms with E-state index >= 15 is 0 Å². The number of aliphatic hydroxyl groups excluding tert-OH is 1. The summed E-state index contributed by atoms with van der Waals surface area (Å²) in [6.45, 7) is 14.8. The summed E-state index contributed by atoms with van der Waals surface area (Å²) in [6, 6.07) is 22.4. The Hall–Kier alpha value is -3.60. The van der Waals surface area contributed by atoms with Crippen LogP contribution in [0.5, 0.6) is 0 Å². The van der Waals surface area contributed by atoms with Crippen LogP contribution in [-0.4, -0.2) is 20.9 Å². The fourth-order valence-corrected chi connectivity index (χ4v) is 5.64. The van der Waals surface area contributed by atoms with Gasteiger partial charge in [0.25, 0.3) is 0 Å². The van der Waals surface area contributed by atoms with E-state index in [0.717, 1.165) is 58.8 Å². The molecular weight excluding hydrogens is 737 g/mol. The number of ketones is 1. The molecule has 5 aromatic rings. The van der Waals surface area contributed by atoms with E-state index < -0.39 is 0 Å². The molecule has 3 aromatic heterocycles. The van der Waals surface area contributed by atoms with Crippen molar-refractivity contribution in [2.24, 2.45) is 11.8 Å². The first kappa shape index (κ1) is 35.9. The molecule has 6 heteroatoms. The predicted octanol–water partition coefficient (Wildman–Crippen LogP) is 10.7. The molecule has 0 aliphatic rings. The van der Waals surface area contributed by atoms with Crippen LogP contribution in [0.2, 0.25) is 0 Å². The second-order valence-corrected chi connectivity index (χ2v) is 12.3. The molecule has 2 aromatic carbocycles. The van der Waals surface area contributed by atoms with Crippen LogP contribution >= 0.6 is 0 Å². The molecule has 0 aliphatic heterocycles. The number of carbonyl (C=O) groups is 1. The molecule has 1 N–H and O–H groups in total. The first-order valence-electron chi connectivity index (χ1n) is 15.8. The van der Waals surface area contributed by atoms with Crippen LogP contribution in [-0.2, 0) is 30.3 Å². The third-order valence-electron chi connectivity index (χ3n) is 8.38. The molecule has 0 saturated carbocycles. The Balaban J connectivity index is 0.000000297. The maximum atomic E-state index is 11.7. The van der Waals surface area contributed by atoms with Crippen LogP contribution in [0.3, 0.4) is 0 Å². The minimum atomic E-state index is 0. The molecule has 0 spiro atoms. The van der Waals surface area contributed by atoms with Crippen molar-refractivity contribution in [2.45, 2.75) is 79.6 Å². The van der Waals surface area contributed by atoms with E-state index in [1.54, 1.807) is 12.5 Å². The summed E-state index contributed by atoms with van der Waals surface area (Å²) in [5, 5.41) is 13.1. The standard InChI is InChI=1S/C26H21N2O.C13H24O2.Ir/c1-26(2,3)23-15-19(14-17-6-4-5-7-21(17)23)24-16-18(8-11-27-24)20-9-12-28-25-22(20)10-13-29-25;1-5-10(6-2)12(14)9-13(15)11(7-3)8-4;/h4-13,15-16H,1-3H3;9-11,14H,5-8H2,1-4H3;/q-1;;/b;12-9-;. The molecule has 45 heavy (non-hydrogen) atoms. The summed E-state index contributed by atoms with van der Waals surface area (Å²) in [5.74, 6) is 0.547. The second-order valence-electron chi connectivity index (χ2n) is 12.3.